The van der Waals surface area contributed by atoms with Crippen molar-refractivity contribution in [1.82, 2.24) is 5.32 Å². The van der Waals surface area contributed by atoms with Crippen LogP contribution in [-0.4, -0.2) is 32.7 Å². The molecule has 1 N–H and O–H groups in total. The van der Waals surface area contributed by atoms with Gasteiger partial charge in [-0.3, -0.25) is 9.59 Å². The van der Waals surface area contributed by atoms with Gasteiger partial charge in [-0.2, -0.15) is 0 Å². The second-order valence-corrected chi connectivity index (χ2v) is 5.75. The number of benzene rings is 2. The molecule has 0 aliphatic heterocycles. The van der Waals surface area contributed by atoms with Gasteiger partial charge in [0.05, 0.1) is 14.2 Å². The summed E-state index contributed by atoms with van der Waals surface area (Å²) in [5.41, 5.74) is 1.22. The number of halogens is 1. The third kappa shape index (κ3) is 6.62. The Bertz CT molecular complexity index is 771. The molecule has 0 saturated heterocycles. The Morgan fingerprint density at radius 1 is 1.04 bits per heavy atom. The van der Waals surface area contributed by atoms with Crippen molar-refractivity contribution in [1.29, 1.82) is 0 Å². The second kappa shape index (κ2) is 10.2. The highest BCUT2D eigenvalue weighted by molar-refractivity contribution is 5.80. The second-order valence-electron chi connectivity index (χ2n) is 5.75. The molecule has 144 valence electrons. The van der Waals surface area contributed by atoms with Gasteiger partial charge in [0.2, 0.25) is 0 Å². The largest absolute Gasteiger partial charge is 0.497 e. The van der Waals surface area contributed by atoms with Gasteiger partial charge in [0, 0.05) is 24.6 Å². The molecule has 0 spiro atoms. The van der Waals surface area contributed by atoms with E-state index in [1.165, 1.54) is 6.07 Å². The summed E-state index contributed by atoms with van der Waals surface area (Å²) < 4.78 is 28.8. The van der Waals surface area contributed by atoms with Crippen molar-refractivity contribution in [3.63, 3.8) is 0 Å². The average Bonchev–Trinajstić information content (AvgIpc) is 2.69. The van der Waals surface area contributed by atoms with Crippen LogP contribution in [0.5, 0.6) is 11.5 Å². The number of hydrogen-bond donors (Lipinski definition) is 1. The van der Waals surface area contributed by atoms with Crippen molar-refractivity contribution >= 4 is 11.9 Å². The molecule has 27 heavy (non-hydrogen) atoms. The van der Waals surface area contributed by atoms with E-state index in [1.807, 2.05) is 0 Å². The molecule has 0 bridgehead atoms. The highest BCUT2D eigenvalue weighted by atomic mass is 19.1. The number of rotatable bonds is 9. The molecule has 0 aromatic heterocycles. The third-order valence-corrected chi connectivity index (χ3v) is 3.83. The van der Waals surface area contributed by atoms with Crippen molar-refractivity contribution in [2.75, 3.05) is 20.8 Å². The van der Waals surface area contributed by atoms with Gasteiger partial charge >= 0.3 is 5.97 Å². The Morgan fingerprint density at radius 3 is 2.33 bits per heavy atom. The fraction of sp³-hybridized carbons (Fsp3) is 0.300. The quantitative estimate of drug-likeness (QED) is 0.682. The van der Waals surface area contributed by atoms with Gasteiger partial charge in [-0.25, -0.2) is 4.39 Å². The Labute approximate surface area is 157 Å². The maximum atomic E-state index is 13.5. The van der Waals surface area contributed by atoms with Crippen LogP contribution in [0.4, 0.5) is 4.39 Å². The van der Waals surface area contributed by atoms with Crippen molar-refractivity contribution < 1.29 is 28.2 Å². The topological polar surface area (TPSA) is 73.9 Å². The van der Waals surface area contributed by atoms with Gasteiger partial charge in [0.1, 0.15) is 17.3 Å². The predicted molar refractivity (Wildman–Crippen MR) is 97.1 cm³/mol. The molecule has 0 aliphatic carbocycles. The van der Waals surface area contributed by atoms with Gasteiger partial charge in [-0.15, -0.1) is 0 Å². The van der Waals surface area contributed by atoms with E-state index in [0.717, 1.165) is 5.56 Å². The number of ether oxygens (including phenoxy) is 3. The minimum atomic E-state index is -0.502. The van der Waals surface area contributed by atoms with E-state index in [4.69, 9.17) is 14.2 Å². The maximum absolute atomic E-state index is 13.5. The van der Waals surface area contributed by atoms with Crippen LogP contribution in [0.3, 0.4) is 0 Å². The average molecular weight is 375 g/mol. The first-order chi connectivity index (χ1) is 13.0. The van der Waals surface area contributed by atoms with Crippen LogP contribution in [0.2, 0.25) is 0 Å². The molecule has 6 nitrogen and oxygen atoms in total. The van der Waals surface area contributed by atoms with Crippen LogP contribution in [0, 0.1) is 5.82 Å². The van der Waals surface area contributed by atoms with Crippen molar-refractivity contribution in [3.8, 4) is 11.5 Å². The Morgan fingerprint density at radius 2 is 1.70 bits per heavy atom. The number of carbonyl (C=O) groups excluding carboxylic acids is 2. The van der Waals surface area contributed by atoms with E-state index in [9.17, 15) is 14.0 Å². The smallest absolute Gasteiger partial charge is 0.306 e. The zero-order valence-corrected chi connectivity index (χ0v) is 15.3. The number of hydrogen-bond acceptors (Lipinski definition) is 5. The van der Waals surface area contributed by atoms with Crippen LogP contribution in [0.25, 0.3) is 0 Å². The number of esters is 1. The van der Waals surface area contributed by atoms with Crippen LogP contribution < -0.4 is 14.8 Å². The molecule has 0 aliphatic rings. The zero-order valence-electron chi connectivity index (χ0n) is 15.3. The van der Waals surface area contributed by atoms with Gasteiger partial charge in [0.15, 0.2) is 6.61 Å². The molecule has 0 unspecified atom stereocenters. The fourth-order valence-electron chi connectivity index (χ4n) is 2.36. The van der Waals surface area contributed by atoms with Crippen molar-refractivity contribution in [2.45, 2.75) is 19.4 Å². The summed E-state index contributed by atoms with van der Waals surface area (Å²) in [4.78, 5) is 23.6. The number of nitrogens with one attached hydrogen (secondary N) is 1. The number of amides is 1. The maximum Gasteiger partial charge on any atom is 0.306 e. The van der Waals surface area contributed by atoms with E-state index in [2.05, 4.69) is 5.32 Å². The third-order valence-electron chi connectivity index (χ3n) is 3.83. The molecule has 0 atom stereocenters. The monoisotopic (exact) mass is 375 g/mol. The van der Waals surface area contributed by atoms with Gasteiger partial charge in [-0.1, -0.05) is 18.2 Å². The van der Waals surface area contributed by atoms with Crippen LogP contribution in [0.15, 0.2) is 42.5 Å². The summed E-state index contributed by atoms with van der Waals surface area (Å²) in [6, 6.07) is 11.5. The lowest BCUT2D eigenvalue weighted by molar-refractivity contribution is -0.148. The van der Waals surface area contributed by atoms with Crippen LogP contribution in [-0.2, 0) is 27.3 Å². The molecule has 0 fully saturated rings. The molecule has 2 aromatic carbocycles. The van der Waals surface area contributed by atoms with E-state index < -0.39 is 24.3 Å². The van der Waals surface area contributed by atoms with Crippen LogP contribution in [0.1, 0.15) is 17.5 Å². The first-order valence-corrected chi connectivity index (χ1v) is 8.39. The number of aryl methyl sites for hydroxylation is 1. The van der Waals surface area contributed by atoms with Gasteiger partial charge < -0.3 is 19.5 Å². The molecule has 0 heterocycles. The lowest BCUT2D eigenvalue weighted by atomic mass is 10.1. The highest BCUT2D eigenvalue weighted by Crippen LogP contribution is 2.23. The van der Waals surface area contributed by atoms with Crippen molar-refractivity contribution in [3.05, 3.63) is 59.4 Å². The standard InChI is InChI=1S/C20H22FNO5/c1-25-16-9-14(10-17(11-16)26-2)7-8-20(24)27-13-19(23)22-12-15-5-3-4-6-18(15)21/h3-6,9-11H,7-8,12-13H2,1-2H3,(H,22,23). The van der Waals surface area contributed by atoms with E-state index in [-0.39, 0.29) is 13.0 Å². The Kier molecular flexibility index (Phi) is 7.61. The fourth-order valence-corrected chi connectivity index (χ4v) is 2.36. The summed E-state index contributed by atoms with van der Waals surface area (Å²) in [6.45, 7) is -0.374. The summed E-state index contributed by atoms with van der Waals surface area (Å²) >= 11 is 0. The molecule has 0 radical (unpaired) electrons. The number of methoxy groups -OCH3 is 2. The number of carbonyl (C=O) groups is 2. The molecule has 0 saturated carbocycles. The molecule has 2 aromatic rings. The zero-order chi connectivity index (χ0) is 19.6. The first kappa shape index (κ1) is 20.2. The SMILES string of the molecule is COc1cc(CCC(=O)OCC(=O)NCc2ccccc2F)cc(OC)c1. The Balaban J connectivity index is 1.74. The first-order valence-electron chi connectivity index (χ1n) is 8.39. The van der Waals surface area contributed by atoms with E-state index in [0.29, 0.717) is 23.5 Å². The minimum Gasteiger partial charge on any atom is -0.497 e. The summed E-state index contributed by atoms with van der Waals surface area (Å²) in [7, 11) is 3.10. The van der Waals surface area contributed by atoms with E-state index in [1.54, 1.807) is 50.6 Å². The normalized spacial score (nSPS) is 10.2. The summed E-state index contributed by atoms with van der Waals surface area (Å²) in [5.74, 6) is -0.133. The van der Waals surface area contributed by atoms with E-state index >= 15 is 0 Å². The molecule has 2 rings (SSSR count). The molecular weight excluding hydrogens is 353 g/mol. The minimum absolute atomic E-state index is 0.0344. The Hall–Kier alpha value is -3.09. The lowest BCUT2D eigenvalue weighted by Gasteiger charge is -2.09. The molecule has 1 amide bonds. The predicted octanol–water partition coefficient (Wildman–Crippen LogP) is 2.64. The summed E-state index contributed by atoms with van der Waals surface area (Å²) in [5, 5.41) is 2.51. The van der Waals surface area contributed by atoms with Crippen molar-refractivity contribution in [2.24, 2.45) is 0 Å². The molecular formula is C20H22FNO5. The van der Waals surface area contributed by atoms with Gasteiger partial charge in [-0.05, 0) is 30.2 Å². The van der Waals surface area contributed by atoms with Crippen LogP contribution >= 0.6 is 0 Å². The lowest BCUT2D eigenvalue weighted by Crippen LogP contribution is -2.28. The summed E-state index contributed by atoms with van der Waals surface area (Å²) in [6.07, 6.45) is 0.528. The molecule has 7 heteroatoms. The van der Waals surface area contributed by atoms with Gasteiger partial charge in [0.25, 0.3) is 5.91 Å². The highest BCUT2D eigenvalue weighted by Gasteiger charge is 2.10.